The first-order valence-corrected chi connectivity index (χ1v) is 14.1. The number of aromatic nitrogens is 4. The normalized spacial score (nSPS) is 23.7. The van der Waals surface area contributed by atoms with Crippen molar-refractivity contribution in [2.75, 3.05) is 18.5 Å². The van der Waals surface area contributed by atoms with Gasteiger partial charge >= 0.3 is 10.3 Å². The summed E-state index contributed by atoms with van der Waals surface area (Å²) in [5, 5.41) is 18.5. The van der Waals surface area contributed by atoms with Crippen molar-refractivity contribution in [3.05, 3.63) is 57.2 Å². The molecule has 0 aromatic carbocycles. The number of hydrogen-bond donors (Lipinski definition) is 3. The molecule has 0 spiro atoms. The summed E-state index contributed by atoms with van der Waals surface area (Å²) in [7, 11) is -4.09. The number of carbonyl (C=O) groups excluding carboxylic acids is 1. The molecule has 198 valence electrons. The molecule has 4 N–H and O–H groups in total. The molecule has 5 rings (SSSR count). The van der Waals surface area contributed by atoms with Gasteiger partial charge in [0.15, 0.2) is 0 Å². The first-order valence-electron chi connectivity index (χ1n) is 11.8. The number of fused-ring (bicyclic) bond motifs is 1. The van der Waals surface area contributed by atoms with Crippen molar-refractivity contribution < 1.29 is 27.2 Å². The van der Waals surface area contributed by atoms with E-state index in [1.165, 1.54) is 23.9 Å². The zero-order chi connectivity index (χ0) is 26.3. The third-order valence-electron chi connectivity index (χ3n) is 6.78. The molecule has 2 aliphatic rings. The molecule has 1 saturated carbocycles. The minimum Gasteiger partial charge on any atom is -0.393 e. The molecule has 4 heterocycles. The van der Waals surface area contributed by atoms with Gasteiger partial charge in [0.2, 0.25) is 5.78 Å². The number of aryl methyl sites for hydroxylation is 2. The Morgan fingerprint density at radius 2 is 2.14 bits per heavy atom. The zero-order valence-electron chi connectivity index (χ0n) is 20.3. The summed E-state index contributed by atoms with van der Waals surface area (Å²) < 4.78 is 35.0. The van der Waals surface area contributed by atoms with Gasteiger partial charge in [-0.3, -0.25) is 8.98 Å². The molecule has 1 aliphatic heterocycles. The molecule has 1 fully saturated rings. The zero-order valence-corrected chi connectivity index (χ0v) is 22.0. The Morgan fingerprint density at radius 1 is 1.32 bits per heavy atom. The van der Waals surface area contributed by atoms with Gasteiger partial charge in [0.1, 0.15) is 24.1 Å². The summed E-state index contributed by atoms with van der Waals surface area (Å²) in [6.07, 6.45) is 4.26. The van der Waals surface area contributed by atoms with Crippen LogP contribution in [0.25, 0.3) is 0 Å². The number of anilines is 1. The number of carbonyl (C=O) groups is 1. The number of aliphatic hydroxyl groups excluding tert-OH is 1. The standard InChI is InChI=1S/C23H28N6O6S2/c1-12-8-26-23-21(34-4-3-29(12)23)16-7-19(36-13(16)2)20(31)17-9-25-11-27-22(17)28-15-5-14(18(30)6-15)10-35-37(24,32)33/h7-9,11,14-15,18,21,30H,3-6,10H2,1-2H3,(H2,24,32,33)(H,25,27,28)/t14-,15-,18+,21+/m1/s1. The Morgan fingerprint density at radius 3 is 2.92 bits per heavy atom. The molecule has 1 aliphatic carbocycles. The minimum absolute atomic E-state index is 0.216. The number of hydrogen-bond acceptors (Lipinski definition) is 11. The van der Waals surface area contributed by atoms with Gasteiger partial charge in [0.25, 0.3) is 0 Å². The minimum atomic E-state index is -4.09. The van der Waals surface area contributed by atoms with Crippen LogP contribution in [0.5, 0.6) is 0 Å². The molecular weight excluding hydrogens is 520 g/mol. The van der Waals surface area contributed by atoms with Crippen LogP contribution in [0.15, 0.2) is 24.8 Å². The number of nitrogens with one attached hydrogen (secondary N) is 1. The van der Waals surface area contributed by atoms with Crippen LogP contribution in [0.1, 0.15) is 56.1 Å². The van der Waals surface area contributed by atoms with E-state index in [-0.39, 0.29) is 24.5 Å². The van der Waals surface area contributed by atoms with Crippen LogP contribution in [0.3, 0.4) is 0 Å². The van der Waals surface area contributed by atoms with Crippen molar-refractivity contribution in [3.63, 3.8) is 0 Å². The maximum atomic E-state index is 13.6. The van der Waals surface area contributed by atoms with E-state index >= 15 is 0 Å². The summed E-state index contributed by atoms with van der Waals surface area (Å²) in [6.45, 7) is 5.06. The summed E-state index contributed by atoms with van der Waals surface area (Å²) in [4.78, 5) is 27.9. The lowest BCUT2D eigenvalue weighted by Crippen LogP contribution is -2.24. The Hall–Kier alpha value is -2.75. The SMILES string of the molecule is Cc1sc(C(=O)c2cncnc2N[C@@H]2C[C@H](COS(N)(=O)=O)[C@@H](O)C2)cc1[C@@H]1OCCn2c(C)cnc21. The molecule has 37 heavy (non-hydrogen) atoms. The van der Waals surface area contributed by atoms with Crippen LogP contribution in [-0.2, 0) is 25.8 Å². The van der Waals surface area contributed by atoms with Crippen molar-refractivity contribution in [1.29, 1.82) is 0 Å². The van der Waals surface area contributed by atoms with Crippen molar-refractivity contribution in [2.24, 2.45) is 11.1 Å². The fourth-order valence-electron chi connectivity index (χ4n) is 4.93. The molecule has 14 heteroatoms. The number of thiophene rings is 1. The highest BCUT2D eigenvalue weighted by atomic mass is 32.2. The number of aliphatic hydroxyl groups is 1. The Labute approximate surface area is 218 Å². The molecule has 0 bridgehead atoms. The third kappa shape index (κ3) is 5.44. The quantitative estimate of drug-likeness (QED) is 0.350. The molecule has 0 unspecified atom stereocenters. The average Bonchev–Trinajstić information content (AvgIpc) is 3.54. The Balaban J connectivity index is 1.34. The third-order valence-corrected chi connectivity index (χ3v) is 8.31. The first-order chi connectivity index (χ1) is 17.6. The maximum Gasteiger partial charge on any atom is 0.333 e. The summed E-state index contributed by atoms with van der Waals surface area (Å²) in [5.74, 6) is 0.518. The van der Waals surface area contributed by atoms with E-state index < -0.39 is 22.3 Å². The predicted octanol–water partition coefficient (Wildman–Crippen LogP) is 1.47. The molecule has 3 aromatic heterocycles. The Bertz CT molecular complexity index is 1420. The first kappa shape index (κ1) is 25.9. The van der Waals surface area contributed by atoms with Crippen LogP contribution in [-0.4, -0.2) is 64.2 Å². The predicted molar refractivity (Wildman–Crippen MR) is 134 cm³/mol. The molecule has 0 radical (unpaired) electrons. The number of rotatable bonds is 8. The number of imidazole rings is 1. The lowest BCUT2D eigenvalue weighted by atomic mass is 10.1. The van der Waals surface area contributed by atoms with Gasteiger partial charge < -0.3 is 19.7 Å². The van der Waals surface area contributed by atoms with E-state index in [0.717, 1.165) is 28.5 Å². The fourth-order valence-corrected chi connectivity index (χ4v) is 6.30. The fraction of sp³-hybridized carbons (Fsp3) is 0.478. The van der Waals surface area contributed by atoms with E-state index in [2.05, 4.69) is 29.0 Å². The van der Waals surface area contributed by atoms with E-state index in [4.69, 9.17) is 9.88 Å². The van der Waals surface area contributed by atoms with E-state index in [1.807, 2.05) is 26.1 Å². The second-order valence-electron chi connectivity index (χ2n) is 9.31. The highest BCUT2D eigenvalue weighted by molar-refractivity contribution is 7.84. The highest BCUT2D eigenvalue weighted by Gasteiger charge is 2.35. The highest BCUT2D eigenvalue weighted by Crippen LogP contribution is 2.37. The molecule has 0 saturated heterocycles. The van der Waals surface area contributed by atoms with Crippen molar-refractivity contribution in [1.82, 2.24) is 19.5 Å². The van der Waals surface area contributed by atoms with Gasteiger partial charge in [-0.2, -0.15) is 8.42 Å². The Kier molecular flexibility index (Phi) is 7.13. The number of ether oxygens (including phenoxy) is 1. The van der Waals surface area contributed by atoms with E-state index in [0.29, 0.717) is 35.7 Å². The smallest absolute Gasteiger partial charge is 0.333 e. The largest absolute Gasteiger partial charge is 0.393 e. The second-order valence-corrected chi connectivity index (χ2v) is 11.8. The maximum absolute atomic E-state index is 13.6. The second kappa shape index (κ2) is 10.2. The van der Waals surface area contributed by atoms with Crippen LogP contribution in [0, 0.1) is 19.8 Å². The summed E-state index contributed by atoms with van der Waals surface area (Å²) in [6, 6.07) is 1.60. The molecule has 4 atom stereocenters. The lowest BCUT2D eigenvalue weighted by Gasteiger charge is -2.25. The summed E-state index contributed by atoms with van der Waals surface area (Å²) >= 11 is 1.38. The van der Waals surface area contributed by atoms with Gasteiger partial charge in [-0.15, -0.1) is 11.3 Å². The van der Waals surface area contributed by atoms with Crippen LogP contribution in [0.4, 0.5) is 5.82 Å². The number of nitrogens with two attached hydrogens (primary N) is 1. The monoisotopic (exact) mass is 548 g/mol. The number of nitrogens with zero attached hydrogens (tertiary/aromatic N) is 4. The lowest BCUT2D eigenvalue weighted by molar-refractivity contribution is 0.0423. The van der Waals surface area contributed by atoms with Crippen LogP contribution in [0.2, 0.25) is 0 Å². The topological polar surface area (TPSA) is 172 Å². The van der Waals surface area contributed by atoms with Crippen molar-refractivity contribution in [2.45, 2.75) is 51.5 Å². The van der Waals surface area contributed by atoms with Crippen molar-refractivity contribution >= 4 is 33.2 Å². The van der Waals surface area contributed by atoms with Gasteiger partial charge in [-0.25, -0.2) is 20.1 Å². The summed E-state index contributed by atoms with van der Waals surface area (Å²) in [5.41, 5.74) is 2.28. The van der Waals surface area contributed by atoms with Gasteiger partial charge in [-0.05, 0) is 32.8 Å². The van der Waals surface area contributed by atoms with E-state index in [9.17, 15) is 18.3 Å². The van der Waals surface area contributed by atoms with Crippen molar-refractivity contribution in [3.8, 4) is 0 Å². The molecule has 12 nitrogen and oxygen atoms in total. The van der Waals surface area contributed by atoms with E-state index in [1.54, 1.807) is 0 Å². The van der Waals surface area contributed by atoms with Crippen LogP contribution >= 0.6 is 11.3 Å². The van der Waals surface area contributed by atoms with Crippen LogP contribution < -0.4 is 10.5 Å². The number of ketones is 1. The molecular formula is C23H28N6O6S2. The molecule has 3 aromatic rings. The average molecular weight is 549 g/mol. The molecule has 0 amide bonds. The van der Waals surface area contributed by atoms with Gasteiger partial charge in [-0.1, -0.05) is 0 Å². The van der Waals surface area contributed by atoms with Gasteiger partial charge in [0.05, 0.1) is 29.8 Å². The van der Waals surface area contributed by atoms with Gasteiger partial charge in [0, 0.05) is 47.0 Å².